The van der Waals surface area contributed by atoms with Crippen LogP contribution in [0.15, 0.2) is 23.1 Å². The quantitative estimate of drug-likeness (QED) is 0.664. The lowest BCUT2D eigenvalue weighted by Crippen LogP contribution is -2.49. The molecule has 1 aromatic carbocycles. The summed E-state index contributed by atoms with van der Waals surface area (Å²) in [6.07, 6.45) is 7.29. The van der Waals surface area contributed by atoms with Gasteiger partial charge in [0, 0.05) is 47.4 Å². The molecule has 1 amide bonds. The Bertz CT molecular complexity index is 983. The standard InChI is InChI=1S/C24H28N2OS2/c1-16-7-8-17(2)20(13-16)25-9-11-26(12-10-25)24(27)23-14-22-19(15-28-23)18-5-3-4-6-21(18)29-22/h7-8,13-14H,3-6,9-12,15H2,1-2H3. The molecule has 0 N–H and O–H groups in total. The lowest BCUT2D eigenvalue weighted by Gasteiger charge is -2.37. The van der Waals surface area contributed by atoms with E-state index in [1.165, 1.54) is 52.9 Å². The van der Waals surface area contributed by atoms with Gasteiger partial charge in [0.25, 0.3) is 5.91 Å². The normalized spacial score (nSPS) is 18.9. The Kier molecular flexibility index (Phi) is 5.21. The predicted molar refractivity (Wildman–Crippen MR) is 125 cm³/mol. The Balaban J connectivity index is 1.29. The zero-order chi connectivity index (χ0) is 20.0. The van der Waals surface area contributed by atoms with Gasteiger partial charge in [0.1, 0.15) is 0 Å². The monoisotopic (exact) mass is 424 g/mol. The van der Waals surface area contributed by atoms with Crippen LogP contribution in [0.3, 0.4) is 0 Å². The first-order chi connectivity index (χ1) is 14.1. The van der Waals surface area contributed by atoms with E-state index in [1.807, 2.05) is 11.3 Å². The predicted octanol–water partition coefficient (Wildman–Crippen LogP) is 5.18. The van der Waals surface area contributed by atoms with Crippen molar-refractivity contribution in [3.8, 4) is 0 Å². The van der Waals surface area contributed by atoms with Crippen LogP contribution in [-0.2, 0) is 23.4 Å². The molecule has 0 saturated carbocycles. The molecule has 0 radical (unpaired) electrons. The molecule has 1 saturated heterocycles. The molecule has 0 atom stereocenters. The molecule has 5 rings (SSSR count). The van der Waals surface area contributed by atoms with E-state index in [0.717, 1.165) is 36.8 Å². The van der Waals surface area contributed by atoms with E-state index in [4.69, 9.17) is 0 Å². The third-order valence-corrected chi connectivity index (χ3v) is 8.75. The molecule has 3 nitrogen and oxygen atoms in total. The number of benzene rings is 1. The molecule has 3 heterocycles. The van der Waals surface area contributed by atoms with E-state index in [1.54, 1.807) is 22.2 Å². The number of nitrogens with zero attached hydrogens (tertiary/aromatic N) is 2. The number of hydrogen-bond donors (Lipinski definition) is 0. The Labute approximate surface area is 181 Å². The fourth-order valence-electron chi connectivity index (χ4n) is 4.73. The smallest absolute Gasteiger partial charge is 0.260 e. The number of rotatable bonds is 2. The first-order valence-electron chi connectivity index (χ1n) is 10.7. The van der Waals surface area contributed by atoms with E-state index in [2.05, 4.69) is 47.9 Å². The number of thiophene rings is 1. The topological polar surface area (TPSA) is 23.6 Å². The van der Waals surface area contributed by atoms with Crippen LogP contribution >= 0.6 is 23.1 Å². The Morgan fingerprint density at radius 1 is 1.00 bits per heavy atom. The number of carbonyl (C=O) groups is 1. The van der Waals surface area contributed by atoms with Gasteiger partial charge in [-0.1, -0.05) is 12.1 Å². The molecule has 3 aliphatic rings. The molecule has 5 heteroatoms. The molecule has 152 valence electrons. The summed E-state index contributed by atoms with van der Waals surface area (Å²) in [6, 6.07) is 6.64. The molecular formula is C24H28N2OS2. The number of aryl methyl sites for hydroxylation is 3. The van der Waals surface area contributed by atoms with Crippen LogP contribution in [0.2, 0.25) is 0 Å². The Hall–Kier alpha value is -1.72. The lowest BCUT2D eigenvalue weighted by molar-refractivity contribution is -0.126. The van der Waals surface area contributed by atoms with Gasteiger partial charge in [-0.25, -0.2) is 0 Å². The summed E-state index contributed by atoms with van der Waals surface area (Å²) in [5.41, 5.74) is 7.05. The summed E-state index contributed by atoms with van der Waals surface area (Å²) in [5, 5.41) is 0. The van der Waals surface area contributed by atoms with Crippen LogP contribution in [-0.4, -0.2) is 37.0 Å². The highest BCUT2D eigenvalue weighted by Crippen LogP contribution is 2.43. The molecule has 1 aromatic heterocycles. The van der Waals surface area contributed by atoms with Crippen molar-refractivity contribution in [3.63, 3.8) is 0 Å². The van der Waals surface area contributed by atoms with Crippen molar-refractivity contribution in [2.75, 3.05) is 31.1 Å². The third kappa shape index (κ3) is 3.64. The summed E-state index contributed by atoms with van der Waals surface area (Å²) in [7, 11) is 0. The molecule has 2 aromatic rings. The van der Waals surface area contributed by atoms with Gasteiger partial charge in [0.05, 0.1) is 4.91 Å². The summed E-state index contributed by atoms with van der Waals surface area (Å²) in [6.45, 7) is 7.75. The lowest BCUT2D eigenvalue weighted by atomic mass is 9.95. The van der Waals surface area contributed by atoms with E-state index in [-0.39, 0.29) is 5.91 Å². The van der Waals surface area contributed by atoms with E-state index >= 15 is 0 Å². The Morgan fingerprint density at radius 3 is 2.62 bits per heavy atom. The van der Waals surface area contributed by atoms with Crippen molar-refractivity contribution >= 4 is 40.8 Å². The summed E-state index contributed by atoms with van der Waals surface area (Å²) in [4.78, 5) is 21.6. The highest BCUT2D eigenvalue weighted by atomic mass is 32.2. The molecule has 1 aliphatic carbocycles. The molecular weight excluding hydrogens is 396 g/mol. The maximum Gasteiger partial charge on any atom is 0.260 e. The number of carbonyl (C=O) groups excluding carboxylic acids is 1. The van der Waals surface area contributed by atoms with Crippen molar-refractivity contribution in [3.05, 3.63) is 55.1 Å². The molecule has 1 fully saturated rings. The van der Waals surface area contributed by atoms with E-state index < -0.39 is 0 Å². The van der Waals surface area contributed by atoms with Gasteiger partial charge in [0.15, 0.2) is 0 Å². The van der Waals surface area contributed by atoms with Crippen molar-refractivity contribution in [1.29, 1.82) is 0 Å². The zero-order valence-corrected chi connectivity index (χ0v) is 18.9. The van der Waals surface area contributed by atoms with Crippen LogP contribution in [0, 0.1) is 13.8 Å². The van der Waals surface area contributed by atoms with Gasteiger partial charge in [-0.15, -0.1) is 23.1 Å². The highest BCUT2D eigenvalue weighted by molar-refractivity contribution is 8.03. The number of fused-ring (bicyclic) bond motifs is 3. The van der Waals surface area contributed by atoms with Crippen molar-refractivity contribution < 1.29 is 4.79 Å². The van der Waals surface area contributed by atoms with Crippen LogP contribution in [0.1, 0.15) is 44.8 Å². The second-order valence-corrected chi connectivity index (χ2v) is 10.6. The van der Waals surface area contributed by atoms with Crippen LogP contribution < -0.4 is 4.90 Å². The third-order valence-electron chi connectivity index (χ3n) is 6.43. The number of amides is 1. The van der Waals surface area contributed by atoms with Crippen molar-refractivity contribution in [2.24, 2.45) is 0 Å². The summed E-state index contributed by atoms with van der Waals surface area (Å²) < 4.78 is 0. The molecule has 0 unspecified atom stereocenters. The SMILES string of the molecule is Cc1ccc(C)c(N2CCN(C(=O)C3=Cc4sc5c(c4CS3)CCCC5)CC2)c1. The van der Waals surface area contributed by atoms with Crippen LogP contribution in [0.4, 0.5) is 5.69 Å². The average Bonchev–Trinajstić information content (AvgIpc) is 3.13. The van der Waals surface area contributed by atoms with Crippen LogP contribution in [0.25, 0.3) is 6.08 Å². The number of anilines is 1. The number of thioether (sulfide) groups is 1. The highest BCUT2D eigenvalue weighted by Gasteiger charge is 2.29. The van der Waals surface area contributed by atoms with Gasteiger partial charge in [-0.05, 0) is 73.9 Å². The largest absolute Gasteiger partial charge is 0.368 e. The average molecular weight is 425 g/mol. The van der Waals surface area contributed by atoms with Crippen molar-refractivity contribution in [2.45, 2.75) is 45.3 Å². The summed E-state index contributed by atoms with van der Waals surface area (Å²) >= 11 is 3.69. The number of hydrogen-bond acceptors (Lipinski definition) is 4. The molecule has 2 aliphatic heterocycles. The maximum absolute atomic E-state index is 13.2. The molecule has 0 spiro atoms. The van der Waals surface area contributed by atoms with E-state index in [0.29, 0.717) is 0 Å². The molecule has 29 heavy (non-hydrogen) atoms. The fraction of sp³-hybridized carbons (Fsp3) is 0.458. The first kappa shape index (κ1) is 19.3. The van der Waals surface area contributed by atoms with Gasteiger partial charge in [-0.3, -0.25) is 4.79 Å². The first-order valence-corrected chi connectivity index (χ1v) is 12.5. The fourth-order valence-corrected chi connectivity index (χ4v) is 7.33. The van der Waals surface area contributed by atoms with Gasteiger partial charge in [0.2, 0.25) is 0 Å². The minimum absolute atomic E-state index is 0.229. The van der Waals surface area contributed by atoms with Gasteiger partial charge in [-0.2, -0.15) is 0 Å². The van der Waals surface area contributed by atoms with Gasteiger partial charge < -0.3 is 9.80 Å². The molecule has 0 bridgehead atoms. The second kappa shape index (κ2) is 7.84. The van der Waals surface area contributed by atoms with E-state index in [9.17, 15) is 4.79 Å². The van der Waals surface area contributed by atoms with Gasteiger partial charge >= 0.3 is 0 Å². The number of piperazine rings is 1. The minimum Gasteiger partial charge on any atom is -0.368 e. The van der Waals surface area contributed by atoms with Crippen molar-refractivity contribution in [1.82, 2.24) is 4.90 Å². The maximum atomic E-state index is 13.2. The second-order valence-electron chi connectivity index (χ2n) is 8.42. The van der Waals surface area contributed by atoms with Crippen LogP contribution in [0.5, 0.6) is 0 Å². The minimum atomic E-state index is 0.229. The summed E-state index contributed by atoms with van der Waals surface area (Å²) in [5.74, 6) is 1.20. The zero-order valence-electron chi connectivity index (χ0n) is 17.3. The Morgan fingerprint density at radius 2 is 1.79 bits per heavy atom.